The summed E-state index contributed by atoms with van der Waals surface area (Å²) in [7, 11) is 0. The standard InChI is InChI=1S/C27H30N6O2/c1-19-8-3-5-11-23(19)26-30-25(35-31-26)18-32-14-7-10-22(17-32)27(34)29-16-21-9-4-6-12-24(21)33-15-13-28-20(33)2/h3-6,8-9,11-13,15,22H,7,10,14,16-18H2,1-2H3,(H,29,34). The molecule has 0 aliphatic carbocycles. The van der Waals surface area contributed by atoms with Crippen LogP contribution in [0.3, 0.4) is 0 Å². The van der Waals surface area contributed by atoms with Crippen molar-refractivity contribution >= 4 is 5.91 Å². The molecule has 1 unspecified atom stereocenters. The molecule has 0 spiro atoms. The maximum absolute atomic E-state index is 13.1. The van der Waals surface area contributed by atoms with E-state index >= 15 is 0 Å². The van der Waals surface area contributed by atoms with Crippen LogP contribution in [0.2, 0.25) is 0 Å². The highest BCUT2D eigenvalue weighted by Gasteiger charge is 2.27. The van der Waals surface area contributed by atoms with E-state index in [2.05, 4.69) is 25.3 Å². The predicted octanol–water partition coefficient (Wildman–Crippen LogP) is 4.07. The van der Waals surface area contributed by atoms with Gasteiger partial charge in [-0.2, -0.15) is 4.98 Å². The first-order valence-electron chi connectivity index (χ1n) is 12.1. The van der Waals surface area contributed by atoms with Gasteiger partial charge in [-0.15, -0.1) is 0 Å². The quantitative estimate of drug-likeness (QED) is 0.438. The van der Waals surface area contributed by atoms with Crippen LogP contribution in [0, 0.1) is 19.8 Å². The van der Waals surface area contributed by atoms with Gasteiger partial charge in [-0.3, -0.25) is 9.69 Å². The molecule has 1 amide bonds. The van der Waals surface area contributed by atoms with Crippen molar-refractivity contribution in [1.29, 1.82) is 0 Å². The molecule has 35 heavy (non-hydrogen) atoms. The summed E-state index contributed by atoms with van der Waals surface area (Å²) in [5, 5.41) is 7.32. The summed E-state index contributed by atoms with van der Waals surface area (Å²) in [6.07, 6.45) is 5.57. The summed E-state index contributed by atoms with van der Waals surface area (Å²) in [6.45, 7) is 6.62. The SMILES string of the molecule is Cc1ccccc1-c1noc(CN2CCCC(C(=O)NCc3ccccc3-n3ccnc3C)C2)n1. The van der Waals surface area contributed by atoms with Crippen molar-refractivity contribution in [2.24, 2.45) is 5.92 Å². The Labute approximate surface area is 205 Å². The Morgan fingerprint density at radius 2 is 1.97 bits per heavy atom. The summed E-state index contributed by atoms with van der Waals surface area (Å²) in [4.78, 5) is 24.2. The molecule has 0 bridgehead atoms. The van der Waals surface area contributed by atoms with Crippen LogP contribution in [0.5, 0.6) is 0 Å². The van der Waals surface area contributed by atoms with Crippen molar-refractivity contribution in [2.75, 3.05) is 13.1 Å². The maximum Gasteiger partial charge on any atom is 0.241 e. The average Bonchev–Trinajstić information content (AvgIpc) is 3.52. The van der Waals surface area contributed by atoms with Gasteiger partial charge in [0.2, 0.25) is 17.6 Å². The lowest BCUT2D eigenvalue weighted by molar-refractivity contribution is -0.127. The fourth-order valence-electron chi connectivity index (χ4n) is 4.71. The fourth-order valence-corrected chi connectivity index (χ4v) is 4.71. The third-order valence-electron chi connectivity index (χ3n) is 6.62. The van der Waals surface area contributed by atoms with E-state index in [9.17, 15) is 4.79 Å². The van der Waals surface area contributed by atoms with Crippen LogP contribution in [0.15, 0.2) is 65.4 Å². The van der Waals surface area contributed by atoms with Gasteiger partial charge >= 0.3 is 0 Å². The third-order valence-corrected chi connectivity index (χ3v) is 6.62. The lowest BCUT2D eigenvalue weighted by Crippen LogP contribution is -2.42. The number of piperidine rings is 1. The van der Waals surface area contributed by atoms with Gasteiger partial charge in [0.25, 0.3) is 0 Å². The molecule has 3 heterocycles. The van der Waals surface area contributed by atoms with E-state index < -0.39 is 0 Å². The highest BCUT2D eigenvalue weighted by Crippen LogP contribution is 2.23. The molecule has 1 fully saturated rings. The highest BCUT2D eigenvalue weighted by atomic mass is 16.5. The zero-order valence-electron chi connectivity index (χ0n) is 20.1. The summed E-state index contributed by atoms with van der Waals surface area (Å²) in [5.41, 5.74) is 4.18. The number of benzene rings is 2. The largest absolute Gasteiger partial charge is 0.352 e. The van der Waals surface area contributed by atoms with Crippen LogP contribution >= 0.6 is 0 Å². The molecule has 8 nitrogen and oxygen atoms in total. The number of carbonyl (C=O) groups is 1. The molecule has 4 aromatic rings. The Balaban J connectivity index is 1.19. The number of aryl methyl sites for hydroxylation is 2. The number of imidazole rings is 1. The van der Waals surface area contributed by atoms with E-state index in [-0.39, 0.29) is 11.8 Å². The van der Waals surface area contributed by atoms with Gasteiger partial charge < -0.3 is 14.4 Å². The van der Waals surface area contributed by atoms with Crippen LogP contribution in [0.4, 0.5) is 0 Å². The lowest BCUT2D eigenvalue weighted by Gasteiger charge is -2.31. The van der Waals surface area contributed by atoms with E-state index in [1.165, 1.54) is 0 Å². The van der Waals surface area contributed by atoms with Crippen molar-refractivity contribution in [2.45, 2.75) is 39.8 Å². The average molecular weight is 471 g/mol. The lowest BCUT2D eigenvalue weighted by atomic mass is 9.97. The molecular weight excluding hydrogens is 440 g/mol. The summed E-state index contributed by atoms with van der Waals surface area (Å²) >= 11 is 0. The molecule has 1 N–H and O–H groups in total. The molecule has 1 aliphatic rings. The maximum atomic E-state index is 13.1. The van der Waals surface area contributed by atoms with E-state index in [0.29, 0.717) is 31.3 Å². The fraction of sp³-hybridized carbons (Fsp3) is 0.333. The van der Waals surface area contributed by atoms with Gasteiger partial charge in [0.15, 0.2) is 0 Å². The van der Waals surface area contributed by atoms with E-state index in [1.54, 1.807) is 6.20 Å². The number of nitrogens with one attached hydrogen (secondary N) is 1. The second-order valence-electron chi connectivity index (χ2n) is 9.09. The van der Waals surface area contributed by atoms with Crippen molar-refractivity contribution in [3.8, 4) is 17.1 Å². The molecule has 8 heteroatoms. The molecule has 1 aliphatic heterocycles. The van der Waals surface area contributed by atoms with E-state index in [1.807, 2.05) is 73.1 Å². The summed E-state index contributed by atoms with van der Waals surface area (Å²) in [6, 6.07) is 16.1. The molecule has 2 aromatic heterocycles. The number of aromatic nitrogens is 4. The van der Waals surface area contributed by atoms with Crippen LogP contribution in [0.1, 0.15) is 35.7 Å². The zero-order valence-corrected chi connectivity index (χ0v) is 20.1. The molecular formula is C27H30N6O2. The Bertz CT molecular complexity index is 1310. The highest BCUT2D eigenvalue weighted by molar-refractivity contribution is 5.79. The van der Waals surface area contributed by atoms with Crippen molar-refractivity contribution < 1.29 is 9.32 Å². The number of rotatable bonds is 7. The molecule has 2 aromatic carbocycles. The van der Waals surface area contributed by atoms with Crippen LogP contribution in [0.25, 0.3) is 17.1 Å². The number of nitrogens with zero attached hydrogens (tertiary/aromatic N) is 5. The predicted molar refractivity (Wildman–Crippen MR) is 133 cm³/mol. The summed E-state index contributed by atoms with van der Waals surface area (Å²) < 4.78 is 7.57. The second-order valence-corrected chi connectivity index (χ2v) is 9.09. The second kappa shape index (κ2) is 10.2. The van der Waals surface area contributed by atoms with E-state index in [0.717, 1.165) is 47.6 Å². The van der Waals surface area contributed by atoms with Crippen molar-refractivity contribution in [3.05, 3.63) is 83.8 Å². The Morgan fingerprint density at radius 1 is 1.14 bits per heavy atom. The first-order valence-corrected chi connectivity index (χ1v) is 12.1. The normalized spacial score (nSPS) is 16.3. The monoisotopic (exact) mass is 470 g/mol. The Morgan fingerprint density at radius 3 is 2.80 bits per heavy atom. The minimum atomic E-state index is -0.0651. The molecule has 5 rings (SSSR count). The van der Waals surface area contributed by atoms with Crippen LogP contribution < -0.4 is 5.32 Å². The Kier molecular flexibility index (Phi) is 6.72. The first-order chi connectivity index (χ1) is 17.1. The zero-order chi connectivity index (χ0) is 24.2. The van der Waals surface area contributed by atoms with Crippen molar-refractivity contribution in [1.82, 2.24) is 29.9 Å². The summed E-state index contributed by atoms with van der Waals surface area (Å²) in [5.74, 6) is 2.12. The number of carbonyl (C=O) groups excluding carboxylic acids is 1. The van der Waals surface area contributed by atoms with Gasteiger partial charge in [-0.25, -0.2) is 4.98 Å². The number of likely N-dealkylation sites (tertiary alicyclic amines) is 1. The third kappa shape index (κ3) is 5.17. The molecule has 1 saturated heterocycles. The van der Waals surface area contributed by atoms with Gasteiger partial charge in [-0.05, 0) is 50.4 Å². The van der Waals surface area contributed by atoms with Crippen LogP contribution in [-0.2, 0) is 17.9 Å². The topological polar surface area (TPSA) is 89.1 Å². The first kappa shape index (κ1) is 23.0. The van der Waals surface area contributed by atoms with Gasteiger partial charge in [0.1, 0.15) is 5.82 Å². The van der Waals surface area contributed by atoms with E-state index in [4.69, 9.17) is 4.52 Å². The number of hydrogen-bond donors (Lipinski definition) is 1. The van der Waals surface area contributed by atoms with Gasteiger partial charge in [-0.1, -0.05) is 47.6 Å². The smallest absolute Gasteiger partial charge is 0.241 e. The van der Waals surface area contributed by atoms with Gasteiger partial charge in [0.05, 0.1) is 18.2 Å². The molecule has 0 radical (unpaired) electrons. The molecule has 1 atom stereocenters. The Hall–Kier alpha value is -3.78. The minimum Gasteiger partial charge on any atom is -0.352 e. The number of amides is 1. The number of hydrogen-bond acceptors (Lipinski definition) is 6. The van der Waals surface area contributed by atoms with Crippen molar-refractivity contribution in [3.63, 3.8) is 0 Å². The van der Waals surface area contributed by atoms with Crippen LogP contribution in [-0.4, -0.2) is 43.6 Å². The molecule has 180 valence electrons. The van der Waals surface area contributed by atoms with Gasteiger partial charge in [0, 0.05) is 31.0 Å². The number of para-hydroxylation sites is 1. The minimum absolute atomic E-state index is 0.0651. The molecule has 0 saturated carbocycles.